The van der Waals surface area contributed by atoms with Gasteiger partial charge in [-0.05, 0) is 54.3 Å². The number of rotatable bonds is 8. The number of primary amides is 1. The number of pyridine rings is 1. The van der Waals surface area contributed by atoms with Gasteiger partial charge in [0.2, 0.25) is 0 Å². The second-order valence-corrected chi connectivity index (χ2v) is 10.5. The zero-order valence-electron chi connectivity index (χ0n) is 22.4. The van der Waals surface area contributed by atoms with Crippen LogP contribution in [0.1, 0.15) is 63.2 Å². The van der Waals surface area contributed by atoms with Gasteiger partial charge in [-0.25, -0.2) is 4.98 Å². The standard InChI is InChI=1S/C23H21F6N3OS.C5H6N2O/c1-13(2)10-16(14-5-7-17(8-6-14)22(24,25)26)12-31-20(33)18-19(23(27,28)29)32-21(34-18)15-4-3-9-30-11-15;6-5(8)4-2-1-3-7-4/h3-9,11,13,16H,10,12H2,1-2H3,(H,31,33);1-3,7H,(H2,6,8). The lowest BCUT2D eigenvalue weighted by Gasteiger charge is -2.21. The summed E-state index contributed by atoms with van der Waals surface area (Å²) >= 11 is 0.605. The van der Waals surface area contributed by atoms with E-state index in [4.69, 9.17) is 5.73 Å². The Morgan fingerprint density at radius 2 is 1.69 bits per heavy atom. The summed E-state index contributed by atoms with van der Waals surface area (Å²) in [6.45, 7) is 3.77. The number of aromatic amines is 1. The van der Waals surface area contributed by atoms with Crippen LogP contribution in [-0.4, -0.2) is 33.3 Å². The Morgan fingerprint density at radius 1 is 1.00 bits per heavy atom. The van der Waals surface area contributed by atoms with E-state index in [0.29, 0.717) is 34.6 Å². The van der Waals surface area contributed by atoms with Crippen LogP contribution in [0.5, 0.6) is 0 Å². The Hall–Kier alpha value is -4.20. The Morgan fingerprint density at radius 3 is 2.17 bits per heavy atom. The Balaban J connectivity index is 0.000000521. The molecule has 0 aliphatic heterocycles. The molecule has 4 aromatic rings. The van der Waals surface area contributed by atoms with Gasteiger partial charge in [-0.2, -0.15) is 26.3 Å². The topological polar surface area (TPSA) is 114 Å². The molecule has 2 amide bonds. The quantitative estimate of drug-likeness (QED) is 0.188. The fourth-order valence-electron chi connectivity index (χ4n) is 3.91. The van der Waals surface area contributed by atoms with Crippen molar-refractivity contribution in [2.24, 2.45) is 11.7 Å². The molecular formula is C28H27F6N5O2S. The van der Waals surface area contributed by atoms with E-state index in [1.807, 2.05) is 13.8 Å². The first-order valence-electron chi connectivity index (χ1n) is 12.5. The Labute approximate surface area is 241 Å². The molecule has 224 valence electrons. The molecular weight excluding hydrogens is 584 g/mol. The molecule has 1 unspecified atom stereocenters. The summed E-state index contributed by atoms with van der Waals surface area (Å²) in [5.74, 6) is -1.61. The summed E-state index contributed by atoms with van der Waals surface area (Å²) in [6.07, 6.45) is -4.34. The zero-order chi connectivity index (χ0) is 31.1. The van der Waals surface area contributed by atoms with Crippen LogP contribution in [0, 0.1) is 5.92 Å². The number of hydrogen-bond acceptors (Lipinski definition) is 5. The molecule has 7 nitrogen and oxygen atoms in total. The maximum atomic E-state index is 13.6. The molecule has 3 aromatic heterocycles. The van der Waals surface area contributed by atoms with Crippen molar-refractivity contribution in [1.82, 2.24) is 20.3 Å². The van der Waals surface area contributed by atoms with Crippen LogP contribution < -0.4 is 11.1 Å². The number of nitrogens with zero attached hydrogens (tertiary/aromatic N) is 2. The number of nitrogens with one attached hydrogen (secondary N) is 2. The maximum Gasteiger partial charge on any atom is 0.435 e. The monoisotopic (exact) mass is 611 g/mol. The van der Waals surface area contributed by atoms with Gasteiger partial charge in [0.1, 0.15) is 15.6 Å². The molecule has 4 rings (SSSR count). The molecule has 0 bridgehead atoms. The molecule has 0 radical (unpaired) electrons. The van der Waals surface area contributed by atoms with Gasteiger partial charge < -0.3 is 16.0 Å². The minimum absolute atomic E-state index is 0.00652. The van der Waals surface area contributed by atoms with Gasteiger partial charge in [-0.1, -0.05) is 26.0 Å². The molecule has 0 aliphatic carbocycles. The summed E-state index contributed by atoms with van der Waals surface area (Å²) in [5, 5.41) is 2.53. The lowest BCUT2D eigenvalue weighted by atomic mass is 9.89. The summed E-state index contributed by atoms with van der Waals surface area (Å²) in [6, 6.07) is 11.0. The van der Waals surface area contributed by atoms with Crippen molar-refractivity contribution in [1.29, 1.82) is 0 Å². The molecule has 42 heavy (non-hydrogen) atoms. The van der Waals surface area contributed by atoms with Crippen molar-refractivity contribution < 1.29 is 35.9 Å². The second-order valence-electron chi connectivity index (χ2n) is 9.54. The van der Waals surface area contributed by atoms with Crippen LogP contribution in [0.3, 0.4) is 0 Å². The van der Waals surface area contributed by atoms with E-state index >= 15 is 0 Å². The highest BCUT2D eigenvalue weighted by Crippen LogP contribution is 2.38. The normalized spacial score (nSPS) is 12.4. The number of carbonyl (C=O) groups excluding carboxylic acids is 2. The summed E-state index contributed by atoms with van der Waals surface area (Å²) in [7, 11) is 0. The van der Waals surface area contributed by atoms with Gasteiger partial charge in [0.05, 0.1) is 5.56 Å². The van der Waals surface area contributed by atoms with E-state index < -0.39 is 40.3 Å². The molecule has 0 saturated heterocycles. The second kappa shape index (κ2) is 13.6. The molecule has 4 N–H and O–H groups in total. The molecule has 0 aliphatic rings. The average Bonchev–Trinajstić information content (AvgIpc) is 3.62. The third-order valence-electron chi connectivity index (χ3n) is 5.85. The SMILES string of the molecule is CC(C)CC(CNC(=O)c1sc(-c2cccnc2)nc1C(F)(F)F)c1ccc(C(F)(F)F)cc1.NC(=O)c1ccc[nH]1. The van der Waals surface area contributed by atoms with Crippen LogP contribution >= 0.6 is 11.3 Å². The first-order valence-corrected chi connectivity index (χ1v) is 13.4. The minimum atomic E-state index is -4.84. The van der Waals surface area contributed by atoms with Crippen LogP contribution in [-0.2, 0) is 12.4 Å². The third-order valence-corrected chi connectivity index (χ3v) is 6.95. The first kappa shape index (κ1) is 32.3. The molecule has 1 aromatic carbocycles. The lowest BCUT2D eigenvalue weighted by Crippen LogP contribution is -2.30. The van der Waals surface area contributed by atoms with Gasteiger partial charge in [-0.3, -0.25) is 14.6 Å². The Kier molecular flexibility index (Phi) is 10.5. The van der Waals surface area contributed by atoms with E-state index in [2.05, 4.69) is 20.3 Å². The predicted octanol–water partition coefficient (Wildman–Crippen LogP) is 6.92. The van der Waals surface area contributed by atoms with Crippen molar-refractivity contribution in [3.8, 4) is 10.6 Å². The molecule has 0 fully saturated rings. The molecule has 3 heterocycles. The number of alkyl halides is 6. The van der Waals surface area contributed by atoms with E-state index in [-0.39, 0.29) is 23.4 Å². The maximum absolute atomic E-state index is 13.6. The fourth-order valence-corrected chi connectivity index (χ4v) is 4.90. The number of halogens is 6. The molecule has 14 heteroatoms. The number of thiazole rings is 1. The predicted molar refractivity (Wildman–Crippen MR) is 146 cm³/mol. The number of benzene rings is 1. The van der Waals surface area contributed by atoms with E-state index in [9.17, 15) is 35.9 Å². The van der Waals surface area contributed by atoms with Crippen molar-refractivity contribution in [2.75, 3.05) is 6.54 Å². The van der Waals surface area contributed by atoms with Crippen molar-refractivity contribution in [2.45, 2.75) is 38.5 Å². The highest BCUT2D eigenvalue weighted by molar-refractivity contribution is 7.17. The van der Waals surface area contributed by atoms with Gasteiger partial charge in [-0.15, -0.1) is 11.3 Å². The number of carbonyl (C=O) groups is 2. The van der Waals surface area contributed by atoms with Gasteiger partial charge in [0, 0.05) is 36.6 Å². The van der Waals surface area contributed by atoms with E-state index in [1.165, 1.54) is 30.6 Å². The van der Waals surface area contributed by atoms with Crippen LogP contribution in [0.15, 0.2) is 67.1 Å². The average molecular weight is 612 g/mol. The van der Waals surface area contributed by atoms with E-state index in [1.54, 1.807) is 24.4 Å². The van der Waals surface area contributed by atoms with Crippen LogP contribution in [0.2, 0.25) is 0 Å². The highest BCUT2D eigenvalue weighted by atomic mass is 32.1. The third kappa shape index (κ3) is 8.90. The first-order chi connectivity index (χ1) is 19.7. The van der Waals surface area contributed by atoms with E-state index in [0.717, 1.165) is 12.1 Å². The minimum Gasteiger partial charge on any atom is -0.364 e. The molecule has 0 spiro atoms. The number of nitrogens with two attached hydrogens (primary N) is 1. The van der Waals surface area contributed by atoms with Gasteiger partial charge >= 0.3 is 12.4 Å². The number of hydrogen-bond donors (Lipinski definition) is 3. The lowest BCUT2D eigenvalue weighted by molar-refractivity contribution is -0.141. The molecule has 0 saturated carbocycles. The summed E-state index contributed by atoms with van der Waals surface area (Å²) < 4.78 is 79.3. The van der Waals surface area contributed by atoms with Crippen LogP contribution in [0.25, 0.3) is 10.6 Å². The van der Waals surface area contributed by atoms with Crippen molar-refractivity contribution >= 4 is 23.2 Å². The smallest absolute Gasteiger partial charge is 0.364 e. The van der Waals surface area contributed by atoms with Crippen LogP contribution in [0.4, 0.5) is 26.3 Å². The van der Waals surface area contributed by atoms with Gasteiger partial charge in [0.25, 0.3) is 11.8 Å². The largest absolute Gasteiger partial charge is 0.435 e. The number of aromatic nitrogens is 3. The molecule has 1 atom stereocenters. The highest BCUT2D eigenvalue weighted by Gasteiger charge is 2.40. The fraction of sp³-hybridized carbons (Fsp3) is 0.286. The van der Waals surface area contributed by atoms with Crippen molar-refractivity contribution in [3.05, 3.63) is 94.5 Å². The summed E-state index contributed by atoms with van der Waals surface area (Å²) in [4.78, 5) is 32.6. The summed E-state index contributed by atoms with van der Waals surface area (Å²) in [5.41, 5.74) is 4.15. The Bertz CT molecular complexity index is 1450. The number of amides is 2. The van der Waals surface area contributed by atoms with Crippen molar-refractivity contribution in [3.63, 3.8) is 0 Å². The zero-order valence-corrected chi connectivity index (χ0v) is 23.2. The number of H-pyrrole nitrogens is 1. The van der Waals surface area contributed by atoms with Gasteiger partial charge in [0.15, 0.2) is 5.69 Å².